The van der Waals surface area contributed by atoms with E-state index in [1.165, 1.54) is 19.4 Å². The quantitative estimate of drug-likeness (QED) is 0.822. The van der Waals surface area contributed by atoms with Crippen LogP contribution in [0.3, 0.4) is 0 Å². The average Bonchev–Trinajstić information content (AvgIpc) is 2.86. The van der Waals surface area contributed by atoms with E-state index in [4.69, 9.17) is 15.2 Å². The number of hydrogen-bond acceptors (Lipinski definition) is 4. The van der Waals surface area contributed by atoms with Gasteiger partial charge in [-0.1, -0.05) is 6.92 Å². The van der Waals surface area contributed by atoms with Gasteiger partial charge in [0, 0.05) is 38.3 Å². The van der Waals surface area contributed by atoms with Crippen LogP contribution in [0, 0.1) is 5.92 Å². The van der Waals surface area contributed by atoms with Crippen molar-refractivity contribution in [1.82, 2.24) is 4.90 Å². The van der Waals surface area contributed by atoms with Crippen LogP contribution in [0.1, 0.15) is 39.0 Å². The minimum Gasteiger partial charge on any atom is -0.378 e. The number of likely N-dealkylation sites (tertiary alicyclic amines) is 1. The van der Waals surface area contributed by atoms with Crippen LogP contribution in [-0.2, 0) is 9.47 Å². The van der Waals surface area contributed by atoms with Gasteiger partial charge in [0.2, 0.25) is 0 Å². The van der Waals surface area contributed by atoms with E-state index in [0.29, 0.717) is 12.1 Å². The topological polar surface area (TPSA) is 47.7 Å². The average molecular weight is 268 g/mol. The fraction of sp³-hybridized carbons (Fsp3) is 1.00. The highest BCUT2D eigenvalue weighted by Crippen LogP contribution is 2.37. The van der Waals surface area contributed by atoms with Crippen molar-refractivity contribution in [2.24, 2.45) is 11.7 Å². The molecule has 3 fully saturated rings. The molecule has 0 aliphatic carbocycles. The first-order valence-electron chi connectivity index (χ1n) is 7.90. The third-order valence-electron chi connectivity index (χ3n) is 5.30. The second-order valence-electron chi connectivity index (χ2n) is 6.74. The van der Waals surface area contributed by atoms with E-state index in [1.54, 1.807) is 0 Å². The second-order valence-corrected chi connectivity index (χ2v) is 6.74. The standard InChI is InChI=1S/C15H28N2O2/c1-12-2-5-17(14(8-12)10-16)13-3-6-19-15(9-13)4-7-18-11-15/h12-14H,2-11,16H2,1H3. The predicted octanol–water partition coefficient (Wildman–Crippen LogP) is 1.38. The molecule has 19 heavy (non-hydrogen) atoms. The Morgan fingerprint density at radius 1 is 1.32 bits per heavy atom. The fourth-order valence-corrected chi connectivity index (χ4v) is 4.13. The molecule has 3 saturated heterocycles. The van der Waals surface area contributed by atoms with Crippen molar-refractivity contribution in [2.45, 2.75) is 56.7 Å². The van der Waals surface area contributed by atoms with Crippen LogP contribution in [0.2, 0.25) is 0 Å². The Bertz CT molecular complexity index is 305. The van der Waals surface area contributed by atoms with Gasteiger partial charge in [0.1, 0.15) is 0 Å². The molecular formula is C15H28N2O2. The summed E-state index contributed by atoms with van der Waals surface area (Å²) in [5.41, 5.74) is 6.03. The maximum atomic E-state index is 6.05. The van der Waals surface area contributed by atoms with Gasteiger partial charge < -0.3 is 15.2 Å². The third-order valence-corrected chi connectivity index (χ3v) is 5.30. The molecule has 4 heteroatoms. The molecule has 1 spiro atoms. The summed E-state index contributed by atoms with van der Waals surface area (Å²) in [5.74, 6) is 0.827. The number of nitrogens with zero attached hydrogens (tertiary/aromatic N) is 1. The number of hydrogen-bond donors (Lipinski definition) is 1. The normalized spacial score (nSPS) is 44.8. The lowest BCUT2D eigenvalue weighted by Crippen LogP contribution is -2.56. The highest BCUT2D eigenvalue weighted by atomic mass is 16.6. The Kier molecular flexibility index (Phi) is 4.13. The molecule has 0 amide bonds. The summed E-state index contributed by atoms with van der Waals surface area (Å²) in [5, 5.41) is 0. The Hall–Kier alpha value is -0.160. The Morgan fingerprint density at radius 3 is 2.95 bits per heavy atom. The van der Waals surface area contributed by atoms with E-state index in [1.807, 2.05) is 0 Å². The summed E-state index contributed by atoms with van der Waals surface area (Å²) in [6.07, 6.45) is 5.94. The van der Waals surface area contributed by atoms with E-state index in [9.17, 15) is 0 Å². The molecule has 0 aromatic rings. The molecule has 3 rings (SSSR count). The lowest BCUT2D eigenvalue weighted by Gasteiger charge is -2.47. The monoisotopic (exact) mass is 268 g/mol. The molecule has 0 aromatic carbocycles. The largest absolute Gasteiger partial charge is 0.378 e. The molecular weight excluding hydrogens is 240 g/mol. The molecule has 0 bridgehead atoms. The van der Waals surface area contributed by atoms with Gasteiger partial charge in [-0.15, -0.1) is 0 Å². The number of rotatable bonds is 2. The van der Waals surface area contributed by atoms with Crippen molar-refractivity contribution in [1.29, 1.82) is 0 Å². The van der Waals surface area contributed by atoms with Crippen molar-refractivity contribution in [2.75, 3.05) is 32.9 Å². The van der Waals surface area contributed by atoms with Crippen LogP contribution in [0.4, 0.5) is 0 Å². The zero-order chi connectivity index (χ0) is 13.3. The summed E-state index contributed by atoms with van der Waals surface area (Å²) in [6, 6.07) is 1.22. The summed E-state index contributed by atoms with van der Waals surface area (Å²) in [7, 11) is 0. The molecule has 2 N–H and O–H groups in total. The molecule has 0 aromatic heterocycles. The summed E-state index contributed by atoms with van der Waals surface area (Å²) < 4.78 is 11.6. The van der Waals surface area contributed by atoms with Crippen molar-refractivity contribution >= 4 is 0 Å². The van der Waals surface area contributed by atoms with Crippen molar-refractivity contribution < 1.29 is 9.47 Å². The van der Waals surface area contributed by atoms with Gasteiger partial charge in [-0.3, -0.25) is 4.90 Å². The minimum absolute atomic E-state index is 0.0190. The van der Waals surface area contributed by atoms with Gasteiger partial charge in [0.05, 0.1) is 12.2 Å². The maximum absolute atomic E-state index is 6.05. The molecule has 3 aliphatic rings. The second kappa shape index (κ2) is 5.68. The van der Waals surface area contributed by atoms with Crippen molar-refractivity contribution in [3.63, 3.8) is 0 Å². The zero-order valence-electron chi connectivity index (χ0n) is 12.1. The minimum atomic E-state index is 0.0190. The lowest BCUT2D eigenvalue weighted by molar-refractivity contribution is -0.115. The Morgan fingerprint density at radius 2 is 2.21 bits per heavy atom. The fourth-order valence-electron chi connectivity index (χ4n) is 4.13. The van der Waals surface area contributed by atoms with Crippen molar-refractivity contribution in [3.8, 4) is 0 Å². The first kappa shape index (κ1) is 13.8. The van der Waals surface area contributed by atoms with Crippen LogP contribution < -0.4 is 5.73 Å². The predicted molar refractivity (Wildman–Crippen MR) is 75.1 cm³/mol. The highest BCUT2D eigenvalue weighted by molar-refractivity contribution is 4.96. The molecule has 110 valence electrons. The molecule has 4 atom stereocenters. The Balaban J connectivity index is 1.67. The zero-order valence-corrected chi connectivity index (χ0v) is 12.1. The summed E-state index contributed by atoms with van der Waals surface area (Å²) in [4.78, 5) is 2.68. The first-order chi connectivity index (χ1) is 9.22. The summed E-state index contributed by atoms with van der Waals surface area (Å²) in [6.45, 7) is 6.91. The molecule has 3 aliphatic heterocycles. The molecule has 0 radical (unpaired) electrons. The summed E-state index contributed by atoms with van der Waals surface area (Å²) >= 11 is 0. The molecule has 4 unspecified atom stereocenters. The highest BCUT2D eigenvalue weighted by Gasteiger charge is 2.44. The van der Waals surface area contributed by atoms with Gasteiger partial charge in [-0.25, -0.2) is 0 Å². The molecule has 0 saturated carbocycles. The van der Waals surface area contributed by atoms with E-state index in [-0.39, 0.29) is 5.60 Å². The van der Waals surface area contributed by atoms with E-state index >= 15 is 0 Å². The van der Waals surface area contributed by atoms with Gasteiger partial charge in [0.25, 0.3) is 0 Å². The maximum Gasteiger partial charge on any atom is 0.0951 e. The van der Waals surface area contributed by atoms with Gasteiger partial charge in [0.15, 0.2) is 0 Å². The van der Waals surface area contributed by atoms with E-state index in [2.05, 4.69) is 11.8 Å². The first-order valence-corrected chi connectivity index (χ1v) is 7.90. The Labute approximate surface area is 116 Å². The lowest BCUT2D eigenvalue weighted by atomic mass is 9.85. The third kappa shape index (κ3) is 2.82. The van der Waals surface area contributed by atoms with Crippen LogP contribution in [0.15, 0.2) is 0 Å². The number of piperidine rings is 1. The smallest absolute Gasteiger partial charge is 0.0951 e. The van der Waals surface area contributed by atoms with Crippen LogP contribution in [-0.4, -0.2) is 55.5 Å². The SMILES string of the molecule is CC1CCN(C2CCOC3(CCOC3)C2)C(CN)C1. The van der Waals surface area contributed by atoms with Crippen LogP contribution >= 0.6 is 0 Å². The van der Waals surface area contributed by atoms with Gasteiger partial charge in [-0.2, -0.15) is 0 Å². The van der Waals surface area contributed by atoms with Crippen LogP contribution in [0.25, 0.3) is 0 Å². The molecule has 3 heterocycles. The van der Waals surface area contributed by atoms with Gasteiger partial charge in [-0.05, 0) is 38.1 Å². The van der Waals surface area contributed by atoms with E-state index < -0.39 is 0 Å². The van der Waals surface area contributed by atoms with Crippen LogP contribution in [0.5, 0.6) is 0 Å². The number of ether oxygens (including phenoxy) is 2. The van der Waals surface area contributed by atoms with Gasteiger partial charge >= 0.3 is 0 Å². The van der Waals surface area contributed by atoms with E-state index in [0.717, 1.165) is 51.5 Å². The van der Waals surface area contributed by atoms with Crippen molar-refractivity contribution in [3.05, 3.63) is 0 Å². The number of nitrogens with two attached hydrogens (primary N) is 1. The molecule has 4 nitrogen and oxygen atoms in total.